The number of carbonyl (C=O) groups excluding carboxylic acids is 1. The second-order valence-electron chi connectivity index (χ2n) is 3.96. The lowest BCUT2D eigenvalue weighted by molar-refractivity contribution is -0.274. The number of carbonyl (C=O) groups is 1. The summed E-state index contributed by atoms with van der Waals surface area (Å²) >= 11 is 0. The fourth-order valence-electron chi connectivity index (χ4n) is 1.73. The number of ether oxygens (including phenoxy) is 2. The van der Waals surface area contributed by atoms with Crippen molar-refractivity contribution in [2.75, 3.05) is 7.11 Å². The Labute approximate surface area is 118 Å². The summed E-state index contributed by atoms with van der Waals surface area (Å²) < 4.78 is 44.7. The molecule has 0 aliphatic heterocycles. The number of benzene rings is 1. The normalized spacial score (nSPS) is 11.0. The van der Waals surface area contributed by atoms with Crippen LogP contribution in [0.1, 0.15) is 10.5 Å². The Morgan fingerprint density at radius 3 is 2.38 bits per heavy atom. The van der Waals surface area contributed by atoms with Gasteiger partial charge in [0.2, 0.25) is 0 Å². The smallest absolute Gasteiger partial charge is 0.464 e. The van der Waals surface area contributed by atoms with Gasteiger partial charge in [-0.3, -0.25) is 0 Å². The van der Waals surface area contributed by atoms with E-state index in [-0.39, 0.29) is 11.4 Å². The van der Waals surface area contributed by atoms with E-state index in [9.17, 15) is 18.0 Å². The number of halogens is 3. The molecule has 1 aromatic heterocycles. The van der Waals surface area contributed by atoms with Gasteiger partial charge in [0.1, 0.15) is 5.75 Å². The summed E-state index contributed by atoms with van der Waals surface area (Å²) in [6.45, 7) is 0. The van der Waals surface area contributed by atoms with E-state index in [0.717, 1.165) is 12.1 Å². The predicted octanol–water partition coefficient (Wildman–Crippen LogP) is 3.43. The van der Waals surface area contributed by atoms with Gasteiger partial charge < -0.3 is 9.47 Å². The van der Waals surface area contributed by atoms with E-state index in [4.69, 9.17) is 0 Å². The number of rotatable bonds is 3. The summed E-state index contributed by atoms with van der Waals surface area (Å²) in [4.78, 5) is 15.5. The highest BCUT2D eigenvalue weighted by Gasteiger charge is 2.31. The molecular formula is C14H10F3NO3. The van der Waals surface area contributed by atoms with Crippen LogP contribution in [0, 0.1) is 0 Å². The first-order valence-electron chi connectivity index (χ1n) is 5.80. The second-order valence-corrected chi connectivity index (χ2v) is 3.96. The Balaban J connectivity index is 2.33. The highest BCUT2D eigenvalue weighted by atomic mass is 19.4. The van der Waals surface area contributed by atoms with Gasteiger partial charge in [0.05, 0.1) is 7.11 Å². The highest BCUT2D eigenvalue weighted by Crippen LogP contribution is 2.27. The Kier molecular flexibility index (Phi) is 4.11. The van der Waals surface area contributed by atoms with Crippen molar-refractivity contribution in [3.8, 4) is 16.9 Å². The van der Waals surface area contributed by atoms with Crippen molar-refractivity contribution in [2.45, 2.75) is 6.36 Å². The van der Waals surface area contributed by atoms with Crippen LogP contribution in [0.3, 0.4) is 0 Å². The molecule has 0 saturated carbocycles. The average Bonchev–Trinajstić information content (AvgIpc) is 2.45. The van der Waals surface area contributed by atoms with Crippen molar-refractivity contribution in [3.05, 3.63) is 48.3 Å². The maximum atomic E-state index is 12.1. The van der Waals surface area contributed by atoms with Crippen LogP contribution >= 0.6 is 0 Å². The van der Waals surface area contributed by atoms with E-state index >= 15 is 0 Å². The average molecular weight is 297 g/mol. The standard InChI is InChI=1S/C14H10F3NO3/c1-20-13(19)12-11(3-2-8-18-12)9-4-6-10(7-5-9)21-14(15,16)17/h2-8H,1H3. The van der Waals surface area contributed by atoms with Crippen LogP contribution in [-0.2, 0) is 4.74 Å². The zero-order chi connectivity index (χ0) is 15.5. The largest absolute Gasteiger partial charge is 0.573 e. The van der Waals surface area contributed by atoms with Crippen LogP contribution < -0.4 is 4.74 Å². The van der Waals surface area contributed by atoms with Gasteiger partial charge in [-0.1, -0.05) is 18.2 Å². The third-order valence-electron chi connectivity index (χ3n) is 2.59. The molecule has 1 heterocycles. The van der Waals surface area contributed by atoms with Gasteiger partial charge in [0.25, 0.3) is 0 Å². The molecule has 7 heteroatoms. The van der Waals surface area contributed by atoms with Crippen LogP contribution in [0.4, 0.5) is 13.2 Å². The molecular weight excluding hydrogens is 287 g/mol. The van der Waals surface area contributed by atoms with Crippen LogP contribution in [0.5, 0.6) is 5.75 Å². The Morgan fingerprint density at radius 1 is 1.14 bits per heavy atom. The summed E-state index contributed by atoms with van der Waals surface area (Å²) in [5.41, 5.74) is 1.07. The lowest BCUT2D eigenvalue weighted by Gasteiger charge is -2.10. The third kappa shape index (κ3) is 3.71. The molecule has 0 N–H and O–H groups in total. The van der Waals surface area contributed by atoms with Gasteiger partial charge in [-0.05, 0) is 23.8 Å². The van der Waals surface area contributed by atoms with E-state index in [1.165, 1.54) is 25.4 Å². The van der Waals surface area contributed by atoms with Crippen molar-refractivity contribution >= 4 is 5.97 Å². The van der Waals surface area contributed by atoms with Crippen molar-refractivity contribution in [3.63, 3.8) is 0 Å². The minimum atomic E-state index is -4.74. The van der Waals surface area contributed by atoms with Gasteiger partial charge in [-0.25, -0.2) is 9.78 Å². The number of methoxy groups -OCH3 is 1. The molecule has 0 atom stereocenters. The quantitative estimate of drug-likeness (QED) is 0.814. The molecule has 0 aliphatic rings. The number of esters is 1. The van der Waals surface area contributed by atoms with Gasteiger partial charge in [-0.15, -0.1) is 13.2 Å². The molecule has 4 nitrogen and oxygen atoms in total. The Morgan fingerprint density at radius 2 is 1.81 bits per heavy atom. The topological polar surface area (TPSA) is 48.4 Å². The summed E-state index contributed by atoms with van der Waals surface area (Å²) in [5.74, 6) is -0.962. The van der Waals surface area contributed by atoms with Gasteiger partial charge in [0.15, 0.2) is 5.69 Å². The monoisotopic (exact) mass is 297 g/mol. The van der Waals surface area contributed by atoms with E-state index in [2.05, 4.69) is 14.5 Å². The molecule has 0 radical (unpaired) electrons. The Bertz CT molecular complexity index is 639. The van der Waals surface area contributed by atoms with Crippen LogP contribution in [-0.4, -0.2) is 24.4 Å². The maximum Gasteiger partial charge on any atom is 0.573 e. The molecule has 0 aliphatic carbocycles. The molecule has 0 bridgehead atoms. The first-order chi connectivity index (χ1) is 9.90. The SMILES string of the molecule is COC(=O)c1ncccc1-c1ccc(OC(F)(F)F)cc1. The van der Waals surface area contributed by atoms with Gasteiger partial charge in [0, 0.05) is 11.8 Å². The van der Waals surface area contributed by atoms with Crippen molar-refractivity contribution in [1.82, 2.24) is 4.98 Å². The third-order valence-corrected chi connectivity index (χ3v) is 2.59. The van der Waals surface area contributed by atoms with Gasteiger partial charge in [-0.2, -0.15) is 0 Å². The van der Waals surface area contributed by atoms with Crippen molar-refractivity contribution in [1.29, 1.82) is 0 Å². The number of hydrogen-bond donors (Lipinski definition) is 0. The molecule has 2 rings (SSSR count). The molecule has 0 saturated heterocycles. The second kappa shape index (κ2) is 5.82. The zero-order valence-corrected chi connectivity index (χ0v) is 10.8. The number of pyridine rings is 1. The molecule has 110 valence electrons. The zero-order valence-electron chi connectivity index (χ0n) is 10.8. The molecule has 1 aromatic carbocycles. The fraction of sp³-hybridized carbons (Fsp3) is 0.143. The molecule has 0 spiro atoms. The van der Waals surface area contributed by atoms with Crippen LogP contribution in [0.25, 0.3) is 11.1 Å². The molecule has 21 heavy (non-hydrogen) atoms. The summed E-state index contributed by atoms with van der Waals surface area (Å²) in [6, 6.07) is 8.38. The minimum absolute atomic E-state index is 0.0875. The fourth-order valence-corrected chi connectivity index (χ4v) is 1.73. The van der Waals surface area contributed by atoms with E-state index in [1.54, 1.807) is 12.1 Å². The van der Waals surface area contributed by atoms with E-state index < -0.39 is 12.3 Å². The number of hydrogen-bond acceptors (Lipinski definition) is 4. The lowest BCUT2D eigenvalue weighted by atomic mass is 10.0. The first kappa shape index (κ1) is 14.8. The van der Waals surface area contributed by atoms with Crippen LogP contribution in [0.2, 0.25) is 0 Å². The molecule has 2 aromatic rings. The Hall–Kier alpha value is -2.57. The highest BCUT2D eigenvalue weighted by molar-refractivity contribution is 5.95. The maximum absolute atomic E-state index is 12.1. The summed E-state index contributed by atoms with van der Waals surface area (Å²) in [5, 5.41) is 0. The van der Waals surface area contributed by atoms with E-state index in [0.29, 0.717) is 11.1 Å². The summed E-state index contributed by atoms with van der Waals surface area (Å²) in [6.07, 6.45) is -3.32. The predicted molar refractivity (Wildman–Crippen MR) is 67.7 cm³/mol. The molecule has 0 unspecified atom stereocenters. The lowest BCUT2D eigenvalue weighted by Crippen LogP contribution is -2.16. The summed E-state index contributed by atoms with van der Waals surface area (Å²) in [7, 11) is 1.22. The number of alkyl halides is 3. The first-order valence-corrected chi connectivity index (χ1v) is 5.80. The minimum Gasteiger partial charge on any atom is -0.464 e. The van der Waals surface area contributed by atoms with Crippen molar-refractivity contribution in [2.24, 2.45) is 0 Å². The number of nitrogens with zero attached hydrogens (tertiary/aromatic N) is 1. The molecule has 0 fully saturated rings. The van der Waals surface area contributed by atoms with Crippen LogP contribution in [0.15, 0.2) is 42.6 Å². The number of aromatic nitrogens is 1. The van der Waals surface area contributed by atoms with Crippen molar-refractivity contribution < 1.29 is 27.4 Å². The van der Waals surface area contributed by atoms with E-state index in [1.807, 2.05) is 0 Å². The van der Waals surface area contributed by atoms with Gasteiger partial charge >= 0.3 is 12.3 Å². The molecule has 0 amide bonds.